The van der Waals surface area contributed by atoms with Gasteiger partial charge in [-0.2, -0.15) is 0 Å². The highest BCUT2D eigenvalue weighted by Gasteiger charge is 1.88. The van der Waals surface area contributed by atoms with E-state index in [0.717, 1.165) is 12.9 Å². The fourth-order valence-corrected chi connectivity index (χ4v) is 0.402. The first-order chi connectivity index (χ1) is 3.72. The average molecular weight is 109 g/mol. The van der Waals surface area contributed by atoms with Gasteiger partial charge in [0, 0.05) is 6.21 Å². The van der Waals surface area contributed by atoms with Crippen molar-refractivity contribution >= 4 is 13.5 Å². The molecule has 0 bridgehead atoms. The van der Waals surface area contributed by atoms with Crippen molar-refractivity contribution in [2.75, 3.05) is 0 Å². The number of rotatable bonds is 2. The third kappa shape index (κ3) is 1.96. The van der Waals surface area contributed by atoms with Crippen LogP contribution in [0.4, 0.5) is 0 Å². The number of hydrogen-bond donors (Lipinski definition) is 1. The molecule has 0 rings (SSSR count). The summed E-state index contributed by atoms with van der Waals surface area (Å²) in [6.07, 6.45) is 1.40. The van der Waals surface area contributed by atoms with Crippen molar-refractivity contribution in [1.82, 2.24) is 0 Å². The lowest BCUT2D eigenvalue weighted by Crippen LogP contribution is -1.90. The minimum Gasteiger partial charge on any atom is -0.309 e. The molecule has 0 aliphatic carbocycles. The molecule has 1 nitrogen and oxygen atoms in total. The van der Waals surface area contributed by atoms with Crippen LogP contribution < -0.4 is 0 Å². The summed E-state index contributed by atoms with van der Waals surface area (Å²) in [5.74, 6) is 0. The van der Waals surface area contributed by atoms with Gasteiger partial charge in [-0.15, -0.1) is 5.47 Å². The van der Waals surface area contributed by atoms with Gasteiger partial charge in [0.05, 0.1) is 0 Å². The van der Waals surface area contributed by atoms with E-state index in [9.17, 15) is 0 Å². The summed E-state index contributed by atoms with van der Waals surface area (Å²) in [6.45, 7) is 6.12. The zero-order chi connectivity index (χ0) is 6.57. The second-order valence-corrected chi connectivity index (χ2v) is 1.96. The highest BCUT2D eigenvalue weighted by molar-refractivity contribution is 6.44. The van der Waals surface area contributed by atoms with Crippen molar-refractivity contribution in [2.24, 2.45) is 0 Å². The average Bonchev–Trinajstić information content (AvgIpc) is 1.84. The van der Waals surface area contributed by atoms with Gasteiger partial charge in [-0.25, -0.2) is 0 Å². The lowest BCUT2D eigenvalue weighted by atomic mass is 9.71. The smallest absolute Gasteiger partial charge is 0.149 e. The lowest BCUT2D eigenvalue weighted by molar-refractivity contribution is 1.45. The Balaban J connectivity index is 4.03. The minimum atomic E-state index is 1.06. The maximum Gasteiger partial charge on any atom is 0.149 e. The molecule has 0 aromatic heterocycles. The van der Waals surface area contributed by atoms with E-state index in [1.165, 1.54) is 11.7 Å². The SMILES string of the molecule is CB/C(C)=C(\C)C=N. The van der Waals surface area contributed by atoms with Crippen LogP contribution in [0.25, 0.3) is 0 Å². The molecular weight excluding hydrogens is 96.9 g/mol. The van der Waals surface area contributed by atoms with Crippen LogP contribution in [0.15, 0.2) is 11.0 Å². The molecule has 0 radical (unpaired) electrons. The summed E-state index contributed by atoms with van der Waals surface area (Å²) in [4.78, 5) is 0. The first-order valence-electron chi connectivity index (χ1n) is 2.89. The molecule has 0 heterocycles. The number of nitrogens with one attached hydrogen (secondary N) is 1. The van der Waals surface area contributed by atoms with E-state index in [-0.39, 0.29) is 0 Å². The molecule has 0 saturated heterocycles. The van der Waals surface area contributed by atoms with Crippen LogP contribution in [0, 0.1) is 5.41 Å². The highest BCUT2D eigenvalue weighted by Crippen LogP contribution is 1.96. The molecule has 44 valence electrons. The zero-order valence-electron chi connectivity index (χ0n) is 5.78. The monoisotopic (exact) mass is 109 g/mol. The van der Waals surface area contributed by atoms with Crippen LogP contribution in [-0.4, -0.2) is 13.5 Å². The Bertz CT molecular complexity index is 116. The minimum absolute atomic E-state index is 1.06. The van der Waals surface area contributed by atoms with Gasteiger partial charge in [0.15, 0.2) is 0 Å². The lowest BCUT2D eigenvalue weighted by Gasteiger charge is -1.94. The van der Waals surface area contributed by atoms with Gasteiger partial charge in [0.1, 0.15) is 7.28 Å². The third-order valence-corrected chi connectivity index (χ3v) is 1.42. The predicted molar refractivity (Wildman–Crippen MR) is 40.2 cm³/mol. The standard InChI is InChI=1S/C6H12BN/c1-5(4-8)6(2)7-3/h4,7-8H,1-3H3/b6-5+,8-4?. The Morgan fingerprint density at radius 2 is 2.00 bits per heavy atom. The van der Waals surface area contributed by atoms with Gasteiger partial charge in [0.2, 0.25) is 0 Å². The summed E-state index contributed by atoms with van der Waals surface area (Å²) in [5.41, 5.74) is 2.40. The molecule has 1 N–H and O–H groups in total. The molecule has 2 heteroatoms. The van der Waals surface area contributed by atoms with E-state index in [0.29, 0.717) is 0 Å². The molecule has 0 amide bonds. The van der Waals surface area contributed by atoms with Crippen molar-refractivity contribution < 1.29 is 0 Å². The Morgan fingerprint density at radius 3 is 2.12 bits per heavy atom. The van der Waals surface area contributed by atoms with Gasteiger partial charge in [-0.3, -0.25) is 0 Å². The maximum atomic E-state index is 6.86. The topological polar surface area (TPSA) is 23.9 Å². The highest BCUT2D eigenvalue weighted by atomic mass is 14.3. The third-order valence-electron chi connectivity index (χ3n) is 1.42. The second-order valence-electron chi connectivity index (χ2n) is 1.96. The molecule has 0 fully saturated rings. The second kappa shape index (κ2) is 3.47. The van der Waals surface area contributed by atoms with E-state index < -0.39 is 0 Å². The van der Waals surface area contributed by atoms with E-state index in [1.807, 2.05) is 6.92 Å². The van der Waals surface area contributed by atoms with Crippen LogP contribution in [0.1, 0.15) is 13.8 Å². The van der Waals surface area contributed by atoms with Crippen LogP contribution in [0.5, 0.6) is 0 Å². The summed E-state index contributed by atoms with van der Waals surface area (Å²) in [5, 5.41) is 6.86. The Morgan fingerprint density at radius 1 is 1.50 bits per heavy atom. The zero-order valence-corrected chi connectivity index (χ0v) is 5.78. The number of hydrogen-bond acceptors (Lipinski definition) is 1. The van der Waals surface area contributed by atoms with Crippen LogP contribution in [0.3, 0.4) is 0 Å². The molecule has 8 heavy (non-hydrogen) atoms. The molecule has 0 spiro atoms. The summed E-state index contributed by atoms with van der Waals surface area (Å²) in [6, 6.07) is 0. The first-order valence-corrected chi connectivity index (χ1v) is 2.89. The quantitative estimate of drug-likeness (QED) is 0.409. The van der Waals surface area contributed by atoms with E-state index in [2.05, 4.69) is 13.7 Å². The normalized spacial score (nSPS) is 12.4. The Hall–Kier alpha value is -0.525. The van der Waals surface area contributed by atoms with Gasteiger partial charge in [-0.05, 0) is 12.5 Å². The van der Waals surface area contributed by atoms with E-state index in [1.54, 1.807) is 0 Å². The largest absolute Gasteiger partial charge is 0.309 e. The maximum absolute atomic E-state index is 6.86. The Labute approximate surface area is 51.5 Å². The fraction of sp³-hybridized carbons (Fsp3) is 0.500. The molecule has 0 atom stereocenters. The van der Waals surface area contributed by atoms with Gasteiger partial charge in [0.25, 0.3) is 0 Å². The molecule has 0 aromatic rings. The van der Waals surface area contributed by atoms with Crippen LogP contribution >= 0.6 is 0 Å². The van der Waals surface area contributed by atoms with E-state index in [4.69, 9.17) is 5.41 Å². The van der Waals surface area contributed by atoms with Crippen molar-refractivity contribution in [3.63, 3.8) is 0 Å². The van der Waals surface area contributed by atoms with Crippen molar-refractivity contribution in [1.29, 1.82) is 5.41 Å². The summed E-state index contributed by atoms with van der Waals surface area (Å²) >= 11 is 0. The summed E-state index contributed by atoms with van der Waals surface area (Å²) < 4.78 is 0. The molecule has 0 unspecified atom stereocenters. The molecular formula is C6H12BN. The number of allylic oxidation sites excluding steroid dienone is 2. The predicted octanol–water partition coefficient (Wildman–Crippen LogP) is 1.41. The summed E-state index contributed by atoms with van der Waals surface area (Å²) in [7, 11) is 1.06. The first kappa shape index (κ1) is 7.47. The van der Waals surface area contributed by atoms with Crippen molar-refractivity contribution in [3.8, 4) is 0 Å². The van der Waals surface area contributed by atoms with Gasteiger partial charge < -0.3 is 5.41 Å². The molecule has 0 aliphatic rings. The van der Waals surface area contributed by atoms with E-state index >= 15 is 0 Å². The van der Waals surface area contributed by atoms with Gasteiger partial charge in [-0.1, -0.05) is 13.7 Å². The van der Waals surface area contributed by atoms with Crippen molar-refractivity contribution in [3.05, 3.63) is 11.0 Å². The van der Waals surface area contributed by atoms with Gasteiger partial charge >= 0.3 is 0 Å². The molecule has 0 aromatic carbocycles. The van der Waals surface area contributed by atoms with Crippen LogP contribution in [-0.2, 0) is 0 Å². The molecule has 0 aliphatic heterocycles. The molecule has 0 saturated carbocycles. The van der Waals surface area contributed by atoms with Crippen LogP contribution in [0.2, 0.25) is 6.82 Å². The van der Waals surface area contributed by atoms with Crippen molar-refractivity contribution in [2.45, 2.75) is 20.7 Å². The fourth-order valence-electron chi connectivity index (χ4n) is 0.402. The Kier molecular flexibility index (Phi) is 3.25.